The number of nitriles is 1. The number of benzene rings is 2. The molecule has 3 aromatic rings. The van der Waals surface area contributed by atoms with E-state index in [1.807, 2.05) is 36.4 Å². The van der Waals surface area contributed by atoms with Crippen molar-refractivity contribution in [2.75, 3.05) is 0 Å². The van der Waals surface area contributed by atoms with Crippen molar-refractivity contribution in [1.29, 1.82) is 5.26 Å². The predicted molar refractivity (Wildman–Crippen MR) is 84.6 cm³/mol. The van der Waals surface area contributed by atoms with Gasteiger partial charge in [-0.3, -0.25) is 4.98 Å². The summed E-state index contributed by atoms with van der Waals surface area (Å²) in [6, 6.07) is 22.4. The highest BCUT2D eigenvalue weighted by Gasteiger charge is 2.10. The van der Waals surface area contributed by atoms with Crippen LogP contribution in [0.1, 0.15) is 11.1 Å². The molecule has 0 aliphatic heterocycles. The van der Waals surface area contributed by atoms with E-state index in [0.717, 1.165) is 22.4 Å². The number of rotatable bonds is 2. The van der Waals surface area contributed by atoms with E-state index in [2.05, 4.69) is 42.2 Å². The van der Waals surface area contributed by atoms with Crippen LogP contribution in [-0.2, 0) is 0 Å². The molecule has 0 amide bonds. The van der Waals surface area contributed by atoms with Crippen LogP contribution in [0.2, 0.25) is 0 Å². The van der Waals surface area contributed by atoms with Gasteiger partial charge >= 0.3 is 0 Å². The van der Waals surface area contributed by atoms with Gasteiger partial charge in [0.15, 0.2) is 0 Å². The van der Waals surface area contributed by atoms with Crippen LogP contribution in [0, 0.1) is 18.3 Å². The molecule has 2 heteroatoms. The molecular weight excluding hydrogens is 256 g/mol. The average molecular weight is 270 g/mol. The molecule has 0 aliphatic carbocycles. The Morgan fingerprint density at radius 2 is 1.62 bits per heavy atom. The van der Waals surface area contributed by atoms with E-state index >= 15 is 0 Å². The van der Waals surface area contributed by atoms with Crippen molar-refractivity contribution in [3.63, 3.8) is 0 Å². The minimum atomic E-state index is 0.574. The number of aromatic nitrogens is 1. The van der Waals surface area contributed by atoms with Gasteiger partial charge < -0.3 is 0 Å². The average Bonchev–Trinajstić information content (AvgIpc) is 2.56. The normalized spacial score (nSPS) is 10.1. The lowest BCUT2D eigenvalue weighted by atomic mass is 9.97. The molecule has 0 aliphatic rings. The first-order valence-electron chi connectivity index (χ1n) is 6.80. The van der Waals surface area contributed by atoms with E-state index < -0.39 is 0 Å². The fraction of sp³-hybridized carbons (Fsp3) is 0.0526. The van der Waals surface area contributed by atoms with E-state index in [1.54, 1.807) is 6.20 Å². The molecule has 0 atom stereocenters. The summed E-state index contributed by atoms with van der Waals surface area (Å²) in [6.07, 6.45) is 1.63. The van der Waals surface area contributed by atoms with E-state index in [0.29, 0.717) is 5.56 Å². The van der Waals surface area contributed by atoms with Gasteiger partial charge in [0.2, 0.25) is 0 Å². The smallest absolute Gasteiger partial charge is 0.101 e. The Labute approximate surface area is 124 Å². The Kier molecular flexibility index (Phi) is 3.49. The zero-order valence-corrected chi connectivity index (χ0v) is 11.7. The van der Waals surface area contributed by atoms with Crippen molar-refractivity contribution in [2.45, 2.75) is 6.92 Å². The summed E-state index contributed by atoms with van der Waals surface area (Å²) in [6.45, 7) is 2.06. The Morgan fingerprint density at radius 3 is 2.29 bits per heavy atom. The standard InChI is InChI=1S/C19H14N2/c1-14-7-9-17(10-8-14)19-18(11-15(12-20)13-21-19)16-5-3-2-4-6-16/h2-11,13H,1H3. The number of nitrogens with zero attached hydrogens (tertiary/aromatic N) is 2. The predicted octanol–water partition coefficient (Wildman–Crippen LogP) is 4.60. The molecule has 0 saturated heterocycles. The Balaban J connectivity index is 2.21. The molecule has 3 rings (SSSR count). The van der Waals surface area contributed by atoms with Gasteiger partial charge in [0.05, 0.1) is 11.3 Å². The number of pyridine rings is 1. The second-order valence-electron chi connectivity index (χ2n) is 4.96. The topological polar surface area (TPSA) is 36.7 Å². The fourth-order valence-corrected chi connectivity index (χ4v) is 2.31. The molecule has 1 aromatic heterocycles. The molecule has 2 nitrogen and oxygen atoms in total. The maximum atomic E-state index is 9.12. The molecule has 0 fully saturated rings. The first-order chi connectivity index (χ1) is 10.3. The lowest BCUT2D eigenvalue weighted by Crippen LogP contribution is -1.91. The highest BCUT2D eigenvalue weighted by atomic mass is 14.7. The third-order valence-corrected chi connectivity index (χ3v) is 3.43. The van der Waals surface area contributed by atoms with Gasteiger partial charge in [-0.1, -0.05) is 60.2 Å². The monoisotopic (exact) mass is 270 g/mol. The SMILES string of the molecule is Cc1ccc(-c2ncc(C#N)cc2-c2ccccc2)cc1. The number of hydrogen-bond acceptors (Lipinski definition) is 2. The van der Waals surface area contributed by atoms with Crippen LogP contribution >= 0.6 is 0 Å². The van der Waals surface area contributed by atoms with Gasteiger partial charge in [0.1, 0.15) is 6.07 Å². The molecular formula is C19H14N2. The minimum absolute atomic E-state index is 0.574. The summed E-state index contributed by atoms with van der Waals surface area (Å²) in [5.41, 5.74) is 5.80. The maximum absolute atomic E-state index is 9.12. The van der Waals surface area contributed by atoms with Crippen LogP contribution in [0.3, 0.4) is 0 Å². The summed E-state index contributed by atoms with van der Waals surface area (Å²) in [5, 5.41) is 9.12. The van der Waals surface area contributed by atoms with Gasteiger partial charge in [-0.25, -0.2) is 0 Å². The molecule has 1 heterocycles. The van der Waals surface area contributed by atoms with Crippen molar-refractivity contribution in [3.8, 4) is 28.5 Å². The molecule has 0 bridgehead atoms. The zero-order chi connectivity index (χ0) is 14.7. The number of aryl methyl sites for hydroxylation is 1. The van der Waals surface area contributed by atoms with Crippen LogP contribution in [0.25, 0.3) is 22.4 Å². The molecule has 0 saturated carbocycles. The lowest BCUT2D eigenvalue weighted by molar-refractivity contribution is 1.30. The second-order valence-corrected chi connectivity index (χ2v) is 4.96. The van der Waals surface area contributed by atoms with E-state index in [-0.39, 0.29) is 0 Å². The highest BCUT2D eigenvalue weighted by Crippen LogP contribution is 2.31. The van der Waals surface area contributed by atoms with Gasteiger partial charge in [-0.2, -0.15) is 5.26 Å². The summed E-state index contributed by atoms with van der Waals surface area (Å²) in [4.78, 5) is 4.50. The first-order valence-corrected chi connectivity index (χ1v) is 6.80. The van der Waals surface area contributed by atoms with Crippen molar-refractivity contribution < 1.29 is 0 Å². The lowest BCUT2D eigenvalue weighted by Gasteiger charge is -2.10. The Bertz CT molecular complexity index is 797. The van der Waals surface area contributed by atoms with E-state index in [4.69, 9.17) is 5.26 Å². The minimum Gasteiger partial charge on any atom is -0.254 e. The van der Waals surface area contributed by atoms with Gasteiger partial charge in [-0.05, 0) is 18.6 Å². The van der Waals surface area contributed by atoms with Crippen LogP contribution in [0.4, 0.5) is 0 Å². The van der Waals surface area contributed by atoms with Crippen LogP contribution in [0.5, 0.6) is 0 Å². The Hall–Kier alpha value is -2.92. The van der Waals surface area contributed by atoms with E-state index in [9.17, 15) is 0 Å². The van der Waals surface area contributed by atoms with Crippen molar-refractivity contribution in [3.05, 3.63) is 78.0 Å². The van der Waals surface area contributed by atoms with Gasteiger partial charge in [0, 0.05) is 17.3 Å². The molecule has 0 N–H and O–H groups in total. The molecule has 0 spiro atoms. The van der Waals surface area contributed by atoms with Crippen molar-refractivity contribution in [2.24, 2.45) is 0 Å². The summed E-state index contributed by atoms with van der Waals surface area (Å²) < 4.78 is 0. The van der Waals surface area contributed by atoms with Crippen molar-refractivity contribution in [1.82, 2.24) is 4.98 Å². The third-order valence-electron chi connectivity index (χ3n) is 3.43. The highest BCUT2D eigenvalue weighted by molar-refractivity contribution is 5.81. The van der Waals surface area contributed by atoms with Crippen LogP contribution < -0.4 is 0 Å². The van der Waals surface area contributed by atoms with Crippen LogP contribution in [0.15, 0.2) is 66.9 Å². The largest absolute Gasteiger partial charge is 0.254 e. The molecule has 0 unspecified atom stereocenters. The number of hydrogen-bond donors (Lipinski definition) is 0. The summed E-state index contributed by atoms with van der Waals surface area (Å²) >= 11 is 0. The summed E-state index contributed by atoms with van der Waals surface area (Å²) in [5.74, 6) is 0. The van der Waals surface area contributed by atoms with Crippen LogP contribution in [-0.4, -0.2) is 4.98 Å². The maximum Gasteiger partial charge on any atom is 0.101 e. The second kappa shape index (κ2) is 5.60. The molecule has 0 radical (unpaired) electrons. The first kappa shape index (κ1) is 13.1. The third kappa shape index (κ3) is 2.68. The van der Waals surface area contributed by atoms with E-state index in [1.165, 1.54) is 5.56 Å². The molecule has 21 heavy (non-hydrogen) atoms. The Morgan fingerprint density at radius 1 is 0.905 bits per heavy atom. The van der Waals surface area contributed by atoms with Gasteiger partial charge in [0.25, 0.3) is 0 Å². The molecule has 2 aromatic carbocycles. The zero-order valence-electron chi connectivity index (χ0n) is 11.7. The van der Waals surface area contributed by atoms with Crippen molar-refractivity contribution >= 4 is 0 Å². The fourth-order valence-electron chi connectivity index (χ4n) is 2.31. The summed E-state index contributed by atoms with van der Waals surface area (Å²) in [7, 11) is 0. The molecule has 100 valence electrons. The quantitative estimate of drug-likeness (QED) is 0.682. The van der Waals surface area contributed by atoms with Gasteiger partial charge in [-0.15, -0.1) is 0 Å².